The van der Waals surface area contributed by atoms with Gasteiger partial charge in [0.05, 0.1) is 16.6 Å². The quantitative estimate of drug-likeness (QED) is 0.0554. The molecule has 0 saturated heterocycles. The Morgan fingerprint density at radius 2 is 1.20 bits per heavy atom. The van der Waals surface area contributed by atoms with Gasteiger partial charge in [0.25, 0.3) is 0 Å². The summed E-state index contributed by atoms with van der Waals surface area (Å²) in [5.41, 5.74) is 13.5. The highest BCUT2D eigenvalue weighted by molar-refractivity contribution is 6.40. The van der Waals surface area contributed by atoms with Crippen LogP contribution >= 0.6 is 0 Å². The highest BCUT2D eigenvalue weighted by Crippen LogP contribution is 2.51. The maximum Gasteiger partial charge on any atom is 0.346 e. The van der Waals surface area contributed by atoms with Crippen LogP contribution in [0.5, 0.6) is 0 Å². The average Bonchev–Trinajstić information content (AvgIpc) is 3.70. The number of rotatable bonds is 6. The Balaban J connectivity index is 0.992. The molecule has 5 heteroatoms. The number of aryl methyl sites for hydroxylation is 1. The molecule has 1 aliphatic carbocycles. The summed E-state index contributed by atoms with van der Waals surface area (Å²) in [7, 11) is 2.14. The Labute approximate surface area is 352 Å². The summed E-state index contributed by atoms with van der Waals surface area (Å²) in [5.74, 6) is -1.20. The van der Waals surface area contributed by atoms with Gasteiger partial charge in [0.15, 0.2) is 0 Å². The van der Waals surface area contributed by atoms with Gasteiger partial charge in [0, 0.05) is 51.2 Å². The average molecular weight is 787 g/mol. The summed E-state index contributed by atoms with van der Waals surface area (Å²) < 4.78 is 7.39. The van der Waals surface area contributed by atoms with Crippen LogP contribution in [0.25, 0.3) is 87.1 Å². The fraction of sp³-hybridized carbons (Fsp3) is 0.0714. The van der Waals surface area contributed by atoms with Crippen LogP contribution in [0.4, 0.5) is 11.4 Å². The Morgan fingerprint density at radius 1 is 0.557 bits per heavy atom. The second-order valence-corrected chi connectivity index (χ2v) is 16.9. The van der Waals surface area contributed by atoms with Crippen molar-refractivity contribution in [1.29, 1.82) is 0 Å². The molecule has 2 aliphatic rings. The molecule has 0 saturated carbocycles. The van der Waals surface area contributed by atoms with Gasteiger partial charge in [-0.05, 0) is 132 Å². The summed E-state index contributed by atoms with van der Waals surface area (Å²) in [6.45, 7) is 12.8. The maximum absolute atomic E-state index is 12.9. The predicted molar refractivity (Wildman–Crippen MR) is 251 cm³/mol. The number of hydrogen-bond donors (Lipinski definition) is 0. The van der Waals surface area contributed by atoms with Crippen molar-refractivity contribution in [1.82, 2.24) is 4.57 Å². The molecule has 0 atom stereocenters. The van der Waals surface area contributed by atoms with Gasteiger partial charge in [-0.25, -0.2) is 9.59 Å². The maximum atomic E-state index is 12.9. The van der Waals surface area contributed by atoms with E-state index in [9.17, 15) is 9.59 Å². The van der Waals surface area contributed by atoms with E-state index in [1.54, 1.807) is 6.07 Å². The number of hydrogen-bond acceptors (Lipinski definition) is 4. The molecular formula is C56H38N2O3. The Hall–Kier alpha value is -7.76. The van der Waals surface area contributed by atoms with Crippen LogP contribution < -0.4 is 4.90 Å². The lowest BCUT2D eigenvalue weighted by atomic mass is 9.82. The number of fused-ring (bicyclic) bond motifs is 9. The first kappa shape index (κ1) is 35.2. The van der Waals surface area contributed by atoms with E-state index in [1.165, 1.54) is 43.8 Å². The number of aromatic nitrogens is 1. The number of ether oxygens (including phenoxy) is 1. The Morgan fingerprint density at radius 3 is 1.95 bits per heavy atom. The lowest BCUT2D eigenvalue weighted by molar-refractivity contribution is 0.0391. The lowest BCUT2D eigenvalue weighted by Gasteiger charge is -2.28. The largest absolute Gasteiger partial charge is 0.386 e. The van der Waals surface area contributed by atoms with Gasteiger partial charge in [-0.15, -0.1) is 0 Å². The molecule has 9 aromatic carbocycles. The van der Waals surface area contributed by atoms with Crippen molar-refractivity contribution in [3.63, 3.8) is 0 Å². The molecule has 61 heavy (non-hydrogen) atoms. The van der Waals surface area contributed by atoms with Gasteiger partial charge in [-0.3, -0.25) is 0 Å². The van der Waals surface area contributed by atoms with Gasteiger partial charge in [0.1, 0.15) is 0 Å². The first-order valence-corrected chi connectivity index (χ1v) is 20.6. The van der Waals surface area contributed by atoms with Gasteiger partial charge in [-0.2, -0.15) is 0 Å². The van der Waals surface area contributed by atoms with Crippen molar-refractivity contribution in [2.45, 2.75) is 19.3 Å². The minimum Gasteiger partial charge on any atom is -0.386 e. The zero-order chi connectivity index (χ0) is 41.5. The SMILES string of the molecule is C=CC=C(C=C)N(c1ccc(-c2ccc3c4c5cccc6c7ccc8c9c(ccc(c(cc4n(C)c3c2)c65)c97)C(=O)OC8=O)cc1)c1ccc2c(c1)C(C)(C)c1ccccc1-2. The molecule has 5 nitrogen and oxygen atoms in total. The van der Waals surface area contributed by atoms with Crippen LogP contribution in [0.3, 0.4) is 0 Å². The van der Waals surface area contributed by atoms with Crippen LogP contribution in [0.15, 0.2) is 171 Å². The second kappa shape index (κ2) is 12.4. The van der Waals surface area contributed by atoms with E-state index >= 15 is 0 Å². The van der Waals surface area contributed by atoms with E-state index in [2.05, 4.69) is 153 Å². The zero-order valence-corrected chi connectivity index (χ0v) is 34.0. The first-order chi connectivity index (χ1) is 29.7. The van der Waals surface area contributed by atoms with Crippen molar-refractivity contribution in [2.75, 3.05) is 4.90 Å². The number of allylic oxidation sites excluding steroid dienone is 3. The lowest BCUT2D eigenvalue weighted by Crippen LogP contribution is -2.19. The molecule has 2 heterocycles. The predicted octanol–water partition coefficient (Wildman–Crippen LogP) is 14.1. The van der Waals surface area contributed by atoms with Gasteiger partial charge in [0.2, 0.25) is 0 Å². The van der Waals surface area contributed by atoms with Gasteiger partial charge in [-0.1, -0.05) is 118 Å². The summed E-state index contributed by atoms with van der Waals surface area (Å²) in [6, 6.07) is 47.5. The molecule has 12 rings (SSSR count). The second-order valence-electron chi connectivity index (χ2n) is 16.9. The molecule has 0 fully saturated rings. The number of carbonyl (C=O) groups excluding carboxylic acids is 2. The molecule has 290 valence electrons. The van der Waals surface area contributed by atoms with Crippen molar-refractivity contribution >= 4 is 88.2 Å². The Kier molecular flexibility index (Phi) is 7.15. The van der Waals surface area contributed by atoms with E-state index in [0.717, 1.165) is 66.2 Å². The highest BCUT2D eigenvalue weighted by atomic mass is 16.6. The number of cyclic esters (lactones) is 2. The fourth-order valence-corrected chi connectivity index (χ4v) is 10.7. The van der Waals surface area contributed by atoms with Gasteiger partial charge >= 0.3 is 11.9 Å². The van der Waals surface area contributed by atoms with Gasteiger partial charge < -0.3 is 14.2 Å². The van der Waals surface area contributed by atoms with Crippen molar-refractivity contribution in [3.05, 3.63) is 193 Å². The van der Waals surface area contributed by atoms with E-state index in [4.69, 9.17) is 4.74 Å². The van der Waals surface area contributed by atoms with Crippen molar-refractivity contribution < 1.29 is 14.3 Å². The summed E-state index contributed by atoms with van der Waals surface area (Å²) in [6.07, 6.45) is 5.70. The fourth-order valence-electron chi connectivity index (χ4n) is 10.7. The first-order valence-electron chi connectivity index (χ1n) is 20.6. The van der Waals surface area contributed by atoms with Crippen molar-refractivity contribution in [3.8, 4) is 22.3 Å². The number of esters is 2. The summed E-state index contributed by atoms with van der Waals surface area (Å²) in [5, 5.41) is 10.6. The van der Waals surface area contributed by atoms with Crippen molar-refractivity contribution in [2.24, 2.45) is 7.05 Å². The van der Waals surface area contributed by atoms with Crippen LogP contribution in [0.2, 0.25) is 0 Å². The van der Waals surface area contributed by atoms with Crippen LogP contribution in [-0.4, -0.2) is 16.5 Å². The standard InChI is InChI=1S/C56H38N2O3/c1-6-11-33(7-2)58(35-21-23-37-36-12-8-9-15-46(36)56(3,4)47(37)29-35)34-19-16-31(17-20-34)32-18-22-41-48(28-32)57(5)49-30-45-40-25-27-44-53-43(54(59)61-55(44)60)26-24-39(52(40)53)38-13-10-14-42(50(38)45)51(41)49/h6-30H,1-2H2,3-5H3. The summed E-state index contributed by atoms with van der Waals surface area (Å²) in [4.78, 5) is 28.0. The summed E-state index contributed by atoms with van der Waals surface area (Å²) >= 11 is 0. The number of benzene rings is 9. The highest BCUT2D eigenvalue weighted by Gasteiger charge is 2.36. The molecule has 0 radical (unpaired) electrons. The van der Waals surface area contributed by atoms with E-state index in [-0.39, 0.29) is 5.41 Å². The van der Waals surface area contributed by atoms with Crippen LogP contribution in [0.1, 0.15) is 45.7 Å². The number of carbonyl (C=O) groups is 2. The molecule has 1 aromatic heterocycles. The molecule has 1 aliphatic heterocycles. The number of nitrogens with zero attached hydrogens (tertiary/aromatic N) is 2. The third kappa shape index (κ3) is 4.66. The molecule has 0 amide bonds. The molecular weight excluding hydrogens is 749 g/mol. The van der Waals surface area contributed by atoms with E-state index in [0.29, 0.717) is 16.5 Å². The minimum atomic E-state index is -0.599. The van der Waals surface area contributed by atoms with E-state index in [1.807, 2.05) is 36.4 Å². The molecule has 0 N–H and O–H groups in total. The smallest absolute Gasteiger partial charge is 0.346 e. The molecule has 0 unspecified atom stereocenters. The third-order valence-electron chi connectivity index (χ3n) is 13.5. The molecule has 0 bridgehead atoms. The Bertz CT molecular complexity index is 3650. The monoisotopic (exact) mass is 786 g/mol. The zero-order valence-electron chi connectivity index (χ0n) is 34.0. The minimum absolute atomic E-state index is 0.126. The third-order valence-corrected chi connectivity index (χ3v) is 13.5. The number of anilines is 2. The normalized spacial score (nSPS) is 14.4. The molecule has 0 spiro atoms. The molecule has 10 aromatic rings. The topological polar surface area (TPSA) is 51.5 Å². The van der Waals surface area contributed by atoms with Crippen LogP contribution in [0, 0.1) is 0 Å². The van der Waals surface area contributed by atoms with Crippen LogP contribution in [-0.2, 0) is 17.2 Å². The van der Waals surface area contributed by atoms with E-state index < -0.39 is 11.9 Å².